The van der Waals surface area contributed by atoms with Gasteiger partial charge in [0.1, 0.15) is 5.82 Å². The molecule has 0 atom stereocenters. The van der Waals surface area contributed by atoms with E-state index in [4.69, 9.17) is 19.9 Å². The van der Waals surface area contributed by atoms with Gasteiger partial charge in [0, 0.05) is 80.5 Å². The van der Waals surface area contributed by atoms with E-state index in [2.05, 4.69) is 392 Å². The summed E-state index contributed by atoms with van der Waals surface area (Å²) < 4.78 is 4.71. The minimum atomic E-state index is -0.178. The summed E-state index contributed by atoms with van der Waals surface area (Å²) >= 11 is 0. The van der Waals surface area contributed by atoms with Crippen LogP contribution in [-0.4, -0.2) is 42.5 Å². The number of hydrogen-bond donors (Lipinski definition) is 0. The fourth-order valence-electron chi connectivity index (χ4n) is 18.6. The number of benzene rings is 14. The van der Waals surface area contributed by atoms with Crippen LogP contribution < -0.4 is 52.4 Å². The summed E-state index contributed by atoms with van der Waals surface area (Å²) in [7, 11) is 0. The van der Waals surface area contributed by atoms with Crippen molar-refractivity contribution in [3.8, 4) is 56.7 Å². The monoisotopic (exact) mass is 1680 g/mol. The molecule has 13 heteroatoms. The van der Waals surface area contributed by atoms with Gasteiger partial charge < -0.3 is 29.2 Å². The van der Waals surface area contributed by atoms with Crippen LogP contribution in [0.1, 0.15) is 47.2 Å². The van der Waals surface area contributed by atoms with Gasteiger partial charge in [0.2, 0.25) is 6.71 Å². The Hall–Kier alpha value is -13.7. The zero-order valence-electron chi connectivity index (χ0n) is 65.7. The molecule has 0 amide bonds. The summed E-state index contributed by atoms with van der Waals surface area (Å²) in [6.45, 7) is 13.0. The molecule has 0 radical (unpaired) electrons. The van der Waals surface area contributed by atoms with Gasteiger partial charge in [0.15, 0.2) is 0 Å². The van der Waals surface area contributed by atoms with Gasteiger partial charge in [-0.25, -0.2) is 4.98 Å². The van der Waals surface area contributed by atoms with Gasteiger partial charge in [0.05, 0.1) is 39.3 Å². The van der Waals surface area contributed by atoms with E-state index in [9.17, 15) is 0 Å². The van der Waals surface area contributed by atoms with Crippen molar-refractivity contribution in [3.05, 3.63) is 385 Å². The first-order valence-corrected chi connectivity index (χ1v) is 40.2. The summed E-state index contributed by atoms with van der Waals surface area (Å²) in [6.07, 6.45) is 5.56. The second kappa shape index (κ2) is 29.6. The van der Waals surface area contributed by atoms with E-state index in [1.165, 1.54) is 95.0 Å². The quantitative estimate of drug-likeness (QED) is 0.0885. The topological polar surface area (TPSA) is 74.4 Å². The van der Waals surface area contributed by atoms with Crippen molar-refractivity contribution in [2.45, 2.75) is 54.4 Å². The Morgan fingerprint density at radius 1 is 0.308 bits per heavy atom. The van der Waals surface area contributed by atoms with Crippen LogP contribution in [0.15, 0.2) is 340 Å². The average Bonchev–Trinajstić information content (AvgIpc) is 1.05. The summed E-state index contributed by atoms with van der Waals surface area (Å²) in [5.74, 6) is 1.80. The largest absolute Gasteiger partial charge is 2.00 e. The maximum absolute atomic E-state index is 5.40. The van der Waals surface area contributed by atoms with E-state index < -0.39 is 0 Å². The number of fused-ring (bicyclic) bond motifs is 10. The summed E-state index contributed by atoms with van der Waals surface area (Å²) in [5, 5.41) is 0. The molecule has 14 aromatic carbocycles. The molecule has 560 valence electrons. The van der Waals surface area contributed by atoms with Gasteiger partial charge in [-0.2, -0.15) is 0 Å². The third-order valence-electron chi connectivity index (χ3n) is 23.8. The van der Waals surface area contributed by atoms with Gasteiger partial charge in [0.25, 0.3) is 6.71 Å². The first kappa shape index (κ1) is 72.3. The van der Waals surface area contributed by atoms with Crippen LogP contribution in [-0.2, 0) is 33.9 Å². The van der Waals surface area contributed by atoms with Gasteiger partial charge in [-0.3, -0.25) is 14.5 Å². The SMILES string of the molecule is CCc1cc2c3c(c1)N(c1ccccc1)c1ccc(-c4nc5ccccc5n4-c4c(C)cccc4C)[c-]c1B3c1[c-]c(-c3ccccn3)ccc1N2c1ccccc1.CCc1cc2c3c(c1)N(c1ccccc1)c1ccc(-c4nc5ccccc5n4-c4c(C)cccc4C)cc1B3c1cc(-c3ccccn3)ccc1N2c1ccccc1.[Pt+2]. The fourth-order valence-corrected chi connectivity index (χ4v) is 18.6. The summed E-state index contributed by atoms with van der Waals surface area (Å²) in [6, 6.07) is 126. The van der Waals surface area contributed by atoms with Crippen molar-refractivity contribution in [1.82, 2.24) is 29.1 Å². The predicted molar refractivity (Wildman–Crippen MR) is 483 cm³/mol. The molecule has 22 rings (SSSR count). The summed E-state index contributed by atoms with van der Waals surface area (Å²) in [5.41, 5.74) is 40.7. The van der Waals surface area contributed by atoms with Gasteiger partial charge in [-0.15, -0.1) is 58.5 Å². The second-order valence-electron chi connectivity index (χ2n) is 30.7. The number of anilines is 12. The van der Waals surface area contributed by atoms with Gasteiger partial charge >= 0.3 is 21.1 Å². The van der Waals surface area contributed by atoms with Crippen molar-refractivity contribution in [2.75, 3.05) is 19.6 Å². The van der Waals surface area contributed by atoms with Crippen LogP contribution in [0.3, 0.4) is 0 Å². The van der Waals surface area contributed by atoms with E-state index in [1.807, 2.05) is 30.6 Å². The summed E-state index contributed by atoms with van der Waals surface area (Å²) in [4.78, 5) is 30.2. The maximum atomic E-state index is 5.40. The molecule has 117 heavy (non-hydrogen) atoms. The number of rotatable bonds is 12. The Kier molecular flexibility index (Phi) is 18.3. The second-order valence-corrected chi connectivity index (χ2v) is 30.7. The number of aryl methyl sites for hydroxylation is 6. The van der Waals surface area contributed by atoms with Crippen LogP contribution in [0, 0.1) is 39.8 Å². The average molecular weight is 1680 g/mol. The van der Waals surface area contributed by atoms with E-state index >= 15 is 0 Å². The van der Waals surface area contributed by atoms with E-state index in [0.29, 0.717) is 0 Å². The van der Waals surface area contributed by atoms with Crippen molar-refractivity contribution < 1.29 is 21.1 Å². The Balaban J connectivity index is 0.000000149. The Labute approximate surface area is 697 Å². The third kappa shape index (κ3) is 12.1. The molecule has 10 nitrogen and oxygen atoms in total. The van der Waals surface area contributed by atoms with Crippen LogP contribution in [0.5, 0.6) is 0 Å². The van der Waals surface area contributed by atoms with Crippen LogP contribution in [0.4, 0.5) is 68.2 Å². The molecule has 8 heterocycles. The zero-order chi connectivity index (χ0) is 77.8. The van der Waals surface area contributed by atoms with Crippen molar-refractivity contribution >= 4 is 137 Å². The molecule has 0 fully saturated rings. The number of nitrogens with zero attached hydrogens (tertiary/aromatic N) is 10. The molecule has 0 bridgehead atoms. The van der Waals surface area contributed by atoms with E-state index in [-0.39, 0.29) is 34.5 Å². The first-order chi connectivity index (χ1) is 57.1. The Morgan fingerprint density at radius 3 is 1.13 bits per heavy atom. The molecule has 0 saturated carbocycles. The normalized spacial score (nSPS) is 12.6. The van der Waals surface area contributed by atoms with Crippen LogP contribution >= 0.6 is 0 Å². The molecule has 0 N–H and O–H groups in total. The first-order valence-electron chi connectivity index (χ1n) is 40.2. The molecular weight excluding hydrogens is 1610 g/mol. The molecular formula is C104H78B2N10Pt. The standard InChI is InChI=1S/C52H40BN5.C52H38BN5.Pt/c2*1-4-36-30-48-50-49(31-36)57(40-20-9-6-10-21-40)46-28-26-38(52-55-44-23-11-12-24-47(44)58(52)51-34(2)16-15-17-35(51)3)33-42(46)53(50)41-32-37(43-22-13-14-29-54-43)25-27-45(41)56(48)39-18-7-5-8-19-39;/h5-33H,4H2,1-3H3;5-31H,4H2,1-3H3;/q;-2;+2. The van der Waals surface area contributed by atoms with E-state index in [0.717, 1.165) is 131 Å². The number of aromatic nitrogens is 6. The van der Waals surface area contributed by atoms with Crippen molar-refractivity contribution in [2.24, 2.45) is 0 Å². The molecule has 4 aliphatic heterocycles. The molecule has 0 unspecified atom stereocenters. The zero-order valence-corrected chi connectivity index (χ0v) is 68.0. The molecule has 0 aliphatic carbocycles. The minimum Gasteiger partial charge on any atom is -0.352 e. The van der Waals surface area contributed by atoms with Crippen LogP contribution in [0.2, 0.25) is 0 Å². The van der Waals surface area contributed by atoms with Crippen molar-refractivity contribution in [3.63, 3.8) is 0 Å². The maximum Gasteiger partial charge on any atom is 2.00 e. The smallest absolute Gasteiger partial charge is 0.352 e. The van der Waals surface area contributed by atoms with Crippen molar-refractivity contribution in [1.29, 1.82) is 0 Å². The molecule has 0 spiro atoms. The van der Waals surface area contributed by atoms with E-state index in [1.54, 1.807) is 0 Å². The van der Waals surface area contributed by atoms with Crippen LogP contribution in [0.25, 0.3) is 78.7 Å². The third-order valence-corrected chi connectivity index (χ3v) is 23.8. The Bertz CT molecular complexity index is 6410. The number of pyridine rings is 2. The number of imidazole rings is 2. The molecule has 18 aromatic rings. The Morgan fingerprint density at radius 2 is 0.675 bits per heavy atom. The fraction of sp³-hybridized carbons (Fsp3) is 0.0769. The molecule has 4 aromatic heterocycles. The molecule has 4 aliphatic rings. The number of para-hydroxylation sites is 10. The van der Waals surface area contributed by atoms with Gasteiger partial charge in [-0.1, -0.05) is 184 Å². The van der Waals surface area contributed by atoms with Gasteiger partial charge in [-0.05, 0) is 252 Å². The number of hydrogen-bond acceptors (Lipinski definition) is 8. The predicted octanol–water partition coefficient (Wildman–Crippen LogP) is 21.6. The minimum absolute atomic E-state index is 0. The molecule has 0 saturated heterocycles.